The summed E-state index contributed by atoms with van der Waals surface area (Å²) in [6.07, 6.45) is 3.95. The van der Waals surface area contributed by atoms with Gasteiger partial charge in [0.1, 0.15) is 5.75 Å². The van der Waals surface area contributed by atoms with Crippen molar-refractivity contribution in [2.75, 3.05) is 25.6 Å². The Kier molecular flexibility index (Phi) is 11.1. The Balaban J connectivity index is 1.26. The molecule has 5 rings (SSSR count). The topological polar surface area (TPSA) is 94.0 Å². The van der Waals surface area contributed by atoms with Crippen LogP contribution in [0.15, 0.2) is 84.3 Å². The number of piperidine rings is 1. The van der Waals surface area contributed by atoms with E-state index in [1.54, 1.807) is 24.2 Å². The molecule has 3 unspecified atom stereocenters. The van der Waals surface area contributed by atoms with Crippen LogP contribution in [0.25, 0.3) is 10.8 Å². The Labute approximate surface area is 271 Å². The van der Waals surface area contributed by atoms with Gasteiger partial charge in [-0.1, -0.05) is 79.9 Å². The van der Waals surface area contributed by atoms with Crippen LogP contribution in [0.3, 0.4) is 0 Å². The predicted octanol–water partition coefficient (Wildman–Crippen LogP) is 7.64. The molecule has 1 aliphatic rings. The van der Waals surface area contributed by atoms with Crippen LogP contribution >= 0.6 is 11.8 Å². The molecule has 45 heavy (non-hydrogen) atoms. The van der Waals surface area contributed by atoms with Crippen LogP contribution in [-0.4, -0.2) is 71.6 Å². The lowest BCUT2D eigenvalue weighted by atomic mass is 9.86. The van der Waals surface area contributed by atoms with Crippen LogP contribution in [0.2, 0.25) is 19.6 Å². The van der Waals surface area contributed by atoms with Gasteiger partial charge in [-0.05, 0) is 60.0 Å². The van der Waals surface area contributed by atoms with Crippen LogP contribution in [0.1, 0.15) is 36.0 Å². The predicted molar refractivity (Wildman–Crippen MR) is 182 cm³/mol. The number of carboxylic acid groups (broad SMARTS) is 1. The van der Waals surface area contributed by atoms with Crippen molar-refractivity contribution >= 4 is 36.7 Å². The number of nitrogens with zero attached hydrogens (tertiary/aromatic N) is 3. The number of aromatic nitrogens is 2. The van der Waals surface area contributed by atoms with Gasteiger partial charge in [0.15, 0.2) is 11.9 Å². The van der Waals surface area contributed by atoms with Gasteiger partial charge in [-0.3, -0.25) is 0 Å². The Hall–Kier alpha value is -3.44. The SMILES string of the molecule is CC(OCOc1cc(COC2CN(C(=O)O)CCC2c2ccc(CCSc3ncccn3)cc2)cc2ccccc12)[Si](C)(C)C. The van der Waals surface area contributed by atoms with Crippen molar-refractivity contribution in [3.05, 3.63) is 95.8 Å². The molecular formula is C35H43N3O5SSi. The van der Waals surface area contributed by atoms with Crippen LogP contribution < -0.4 is 4.74 Å². The van der Waals surface area contributed by atoms with Gasteiger partial charge in [-0.15, -0.1) is 0 Å². The van der Waals surface area contributed by atoms with Crippen molar-refractivity contribution < 1.29 is 24.1 Å². The summed E-state index contributed by atoms with van der Waals surface area (Å²) >= 11 is 1.65. The smallest absolute Gasteiger partial charge is 0.407 e. The third-order valence-corrected chi connectivity index (χ3v) is 12.0. The second kappa shape index (κ2) is 15.2. The minimum absolute atomic E-state index is 0.0920. The third kappa shape index (κ3) is 9.06. The lowest BCUT2D eigenvalue weighted by Gasteiger charge is -2.37. The molecule has 1 amide bonds. The zero-order valence-corrected chi connectivity index (χ0v) is 28.3. The molecule has 3 aromatic carbocycles. The number of fused-ring (bicyclic) bond motifs is 1. The third-order valence-electron chi connectivity index (χ3n) is 8.50. The van der Waals surface area contributed by atoms with E-state index in [1.807, 2.05) is 24.3 Å². The maximum atomic E-state index is 11.9. The number of thioether (sulfide) groups is 1. The first kappa shape index (κ1) is 32.9. The lowest BCUT2D eigenvalue weighted by Crippen LogP contribution is -2.46. The highest BCUT2D eigenvalue weighted by Crippen LogP contribution is 2.33. The summed E-state index contributed by atoms with van der Waals surface area (Å²) in [4.78, 5) is 21.9. The molecule has 1 fully saturated rings. The molecule has 0 bridgehead atoms. The molecule has 2 heterocycles. The molecule has 8 nitrogen and oxygen atoms in total. The normalized spacial score (nSPS) is 17.7. The lowest BCUT2D eigenvalue weighted by molar-refractivity contribution is -0.0202. The van der Waals surface area contributed by atoms with Crippen molar-refractivity contribution in [2.24, 2.45) is 0 Å². The fourth-order valence-electron chi connectivity index (χ4n) is 5.38. The van der Waals surface area contributed by atoms with Crippen LogP contribution in [0, 0.1) is 0 Å². The number of hydrogen-bond donors (Lipinski definition) is 1. The summed E-state index contributed by atoms with van der Waals surface area (Å²) in [7, 11) is -1.44. The number of hydrogen-bond acceptors (Lipinski definition) is 7. The zero-order valence-electron chi connectivity index (χ0n) is 26.5. The molecule has 4 aromatic rings. The van der Waals surface area contributed by atoms with Crippen LogP contribution in [-0.2, 0) is 22.5 Å². The number of carbonyl (C=O) groups is 1. The quantitative estimate of drug-likeness (QED) is 0.0687. The van der Waals surface area contributed by atoms with Crippen molar-refractivity contribution in [3.8, 4) is 5.75 Å². The number of ether oxygens (including phenoxy) is 3. The largest absolute Gasteiger partial charge is 0.467 e. The van der Waals surface area contributed by atoms with Gasteiger partial charge in [0.05, 0.1) is 27.3 Å². The average molecular weight is 646 g/mol. The summed E-state index contributed by atoms with van der Waals surface area (Å²) in [5, 5.41) is 12.6. The van der Waals surface area contributed by atoms with E-state index in [2.05, 4.69) is 79.0 Å². The molecule has 1 saturated heterocycles. The highest BCUT2D eigenvalue weighted by molar-refractivity contribution is 7.99. The van der Waals surface area contributed by atoms with Gasteiger partial charge >= 0.3 is 6.09 Å². The second-order valence-electron chi connectivity index (χ2n) is 12.6. The van der Waals surface area contributed by atoms with E-state index in [9.17, 15) is 9.90 Å². The van der Waals surface area contributed by atoms with Gasteiger partial charge in [-0.25, -0.2) is 14.8 Å². The molecule has 238 valence electrons. The molecular weight excluding hydrogens is 603 g/mol. The molecule has 0 radical (unpaired) electrons. The van der Waals surface area contributed by atoms with Gasteiger partial charge < -0.3 is 24.2 Å². The monoisotopic (exact) mass is 645 g/mol. The first-order valence-corrected chi connectivity index (χ1v) is 20.1. The average Bonchev–Trinajstić information content (AvgIpc) is 3.04. The number of rotatable bonds is 13. The Morgan fingerprint density at radius 1 is 1.04 bits per heavy atom. The van der Waals surface area contributed by atoms with E-state index < -0.39 is 14.2 Å². The summed E-state index contributed by atoms with van der Waals surface area (Å²) in [6.45, 7) is 10.3. The second-order valence-corrected chi connectivity index (χ2v) is 19.2. The zero-order chi connectivity index (χ0) is 31.8. The summed E-state index contributed by atoms with van der Waals surface area (Å²) in [6, 6.07) is 22.8. The minimum atomic E-state index is -1.44. The highest BCUT2D eigenvalue weighted by atomic mass is 32.2. The van der Waals surface area contributed by atoms with Crippen LogP contribution in [0.4, 0.5) is 4.79 Å². The molecule has 1 aliphatic heterocycles. The van der Waals surface area contributed by atoms with Gasteiger partial charge in [0.2, 0.25) is 0 Å². The maximum Gasteiger partial charge on any atom is 0.407 e. The Morgan fingerprint density at radius 3 is 2.53 bits per heavy atom. The summed E-state index contributed by atoms with van der Waals surface area (Å²) in [5.41, 5.74) is 3.56. The molecule has 3 atom stereocenters. The molecule has 10 heteroatoms. The fraction of sp³-hybridized carbons (Fsp3) is 0.400. The Morgan fingerprint density at radius 2 is 1.80 bits per heavy atom. The van der Waals surface area contributed by atoms with E-state index in [1.165, 1.54) is 16.0 Å². The molecule has 0 saturated carbocycles. The van der Waals surface area contributed by atoms with Crippen molar-refractivity contribution in [1.29, 1.82) is 0 Å². The first-order chi connectivity index (χ1) is 21.7. The standard InChI is InChI=1S/C35H43N3O5SSi/c1-25(45(2,3)4)42-24-43-32-21-27(20-29-8-5-6-9-30(29)32)23-41-33-22-38(35(39)40)18-14-31(33)28-12-10-26(11-13-28)15-19-44-34-36-16-7-17-37-34/h5-13,16-17,20-21,25,31,33H,14-15,18-19,22-24H2,1-4H3,(H,39,40). The minimum Gasteiger partial charge on any atom is -0.467 e. The van der Waals surface area contributed by atoms with E-state index in [0.29, 0.717) is 26.1 Å². The van der Waals surface area contributed by atoms with E-state index in [-0.39, 0.29) is 24.5 Å². The van der Waals surface area contributed by atoms with E-state index in [4.69, 9.17) is 14.2 Å². The number of aryl methyl sites for hydroxylation is 1. The number of amides is 1. The van der Waals surface area contributed by atoms with Crippen molar-refractivity contribution in [3.63, 3.8) is 0 Å². The first-order valence-electron chi connectivity index (χ1n) is 15.5. The van der Waals surface area contributed by atoms with E-state index in [0.717, 1.165) is 39.4 Å². The highest BCUT2D eigenvalue weighted by Gasteiger charge is 2.33. The van der Waals surface area contributed by atoms with Gasteiger partial charge in [0.25, 0.3) is 0 Å². The van der Waals surface area contributed by atoms with Crippen molar-refractivity contribution in [2.45, 2.75) is 68.9 Å². The van der Waals surface area contributed by atoms with Gasteiger partial charge in [0, 0.05) is 41.7 Å². The Bertz CT molecular complexity index is 1550. The summed E-state index contributed by atoms with van der Waals surface area (Å²) in [5.74, 6) is 1.75. The van der Waals surface area contributed by atoms with Crippen LogP contribution in [0.5, 0.6) is 5.75 Å². The number of benzene rings is 3. The number of likely N-dealkylation sites (tertiary alicyclic amines) is 1. The molecule has 1 aromatic heterocycles. The summed E-state index contributed by atoms with van der Waals surface area (Å²) < 4.78 is 18.8. The molecule has 1 N–H and O–H groups in total. The maximum absolute atomic E-state index is 11.9. The molecule has 0 aliphatic carbocycles. The van der Waals surface area contributed by atoms with Gasteiger partial charge in [-0.2, -0.15) is 0 Å². The van der Waals surface area contributed by atoms with Crippen molar-refractivity contribution in [1.82, 2.24) is 14.9 Å². The fourth-order valence-corrected chi connectivity index (χ4v) is 6.74. The van der Waals surface area contributed by atoms with E-state index >= 15 is 0 Å². The molecule has 0 spiro atoms.